The van der Waals surface area contributed by atoms with Crippen molar-refractivity contribution in [3.05, 3.63) is 42.7 Å². The fourth-order valence-corrected chi connectivity index (χ4v) is 4.15. The molecular weight excluding hydrogens is 404 g/mol. The molecule has 106 valence electrons. The number of allylic oxidation sites excluding steroid dienone is 1. The Morgan fingerprint density at radius 3 is 2.80 bits per heavy atom. The van der Waals surface area contributed by atoms with Gasteiger partial charge in [0, 0.05) is 16.4 Å². The summed E-state index contributed by atoms with van der Waals surface area (Å²) >= 11 is 8.48. The monoisotopic (exact) mass is 416 g/mol. The Kier molecular flexibility index (Phi) is 5.35. The van der Waals surface area contributed by atoms with Gasteiger partial charge in [-0.15, -0.1) is 11.3 Å². The molecule has 0 aliphatic rings. The molecule has 2 aromatic rings. The highest BCUT2D eigenvalue weighted by atomic mass is 79.9. The zero-order valence-corrected chi connectivity index (χ0v) is 15.2. The van der Waals surface area contributed by atoms with Gasteiger partial charge in [-0.3, -0.25) is 9.48 Å². The first-order valence-corrected chi connectivity index (χ1v) is 8.61. The average Bonchev–Trinajstić information content (AvgIpc) is 2.92. The molecule has 0 bridgehead atoms. The number of aromatic nitrogens is 2. The second-order valence-corrected chi connectivity index (χ2v) is 7.18. The maximum atomic E-state index is 12.2. The number of hydrogen-bond acceptors (Lipinski definition) is 3. The molecule has 2 aromatic heterocycles. The van der Waals surface area contributed by atoms with Crippen LogP contribution in [0.4, 0.5) is 0 Å². The van der Waals surface area contributed by atoms with Crippen LogP contribution in [-0.4, -0.2) is 15.6 Å². The van der Waals surface area contributed by atoms with Crippen LogP contribution in [0.3, 0.4) is 0 Å². The van der Waals surface area contributed by atoms with Crippen molar-refractivity contribution in [1.29, 1.82) is 0 Å². The first-order chi connectivity index (χ1) is 9.52. The Balaban J connectivity index is 2.18. The maximum absolute atomic E-state index is 12.2. The maximum Gasteiger partial charge on any atom is 0.195 e. The van der Waals surface area contributed by atoms with Crippen molar-refractivity contribution in [2.45, 2.75) is 19.8 Å². The third-order valence-electron chi connectivity index (χ3n) is 2.81. The van der Waals surface area contributed by atoms with E-state index >= 15 is 0 Å². The molecule has 2 rings (SSSR count). The summed E-state index contributed by atoms with van der Waals surface area (Å²) in [5, 5.41) is 4.11. The van der Waals surface area contributed by atoms with Crippen LogP contribution < -0.4 is 0 Å². The number of ketones is 1. The zero-order valence-electron chi connectivity index (χ0n) is 11.2. The quantitative estimate of drug-likeness (QED) is 0.514. The van der Waals surface area contributed by atoms with Crippen LogP contribution in [0.5, 0.6) is 0 Å². The molecular formula is C14H14Br2N2OS. The van der Waals surface area contributed by atoms with Gasteiger partial charge in [-0.1, -0.05) is 13.3 Å². The summed E-state index contributed by atoms with van der Waals surface area (Å²) in [4.78, 5) is 14.2. The van der Waals surface area contributed by atoms with E-state index in [0.29, 0.717) is 0 Å². The van der Waals surface area contributed by atoms with Crippen molar-refractivity contribution in [1.82, 2.24) is 9.78 Å². The minimum Gasteiger partial charge on any atom is -0.288 e. The highest BCUT2D eigenvalue weighted by molar-refractivity contribution is 9.10. The summed E-state index contributed by atoms with van der Waals surface area (Å²) in [5.74, 6) is 0.0196. The molecule has 3 nitrogen and oxygen atoms in total. The van der Waals surface area contributed by atoms with Gasteiger partial charge >= 0.3 is 0 Å². The number of carbonyl (C=O) groups is 1. The van der Waals surface area contributed by atoms with Crippen molar-refractivity contribution in [2.24, 2.45) is 7.05 Å². The number of aryl methyl sites for hydroxylation is 2. The van der Waals surface area contributed by atoms with Crippen molar-refractivity contribution >= 4 is 55.1 Å². The number of hydrogen-bond donors (Lipinski definition) is 0. The van der Waals surface area contributed by atoms with Crippen LogP contribution in [0.15, 0.2) is 27.3 Å². The van der Waals surface area contributed by atoms with Gasteiger partial charge in [-0.2, -0.15) is 5.10 Å². The second-order valence-electron chi connectivity index (χ2n) is 4.33. The van der Waals surface area contributed by atoms with Crippen LogP contribution in [0.25, 0.3) is 6.08 Å². The van der Waals surface area contributed by atoms with Crippen molar-refractivity contribution < 1.29 is 4.79 Å². The number of halogens is 2. The fourth-order valence-electron chi connectivity index (χ4n) is 1.77. The largest absolute Gasteiger partial charge is 0.288 e. The molecule has 0 saturated heterocycles. The Bertz CT molecular complexity index is 639. The Hall–Kier alpha value is -0.720. The molecule has 0 fully saturated rings. The van der Waals surface area contributed by atoms with Gasteiger partial charge in [0.2, 0.25) is 0 Å². The summed E-state index contributed by atoms with van der Waals surface area (Å²) < 4.78 is 3.63. The summed E-state index contributed by atoms with van der Waals surface area (Å²) in [6, 6.07) is 1.90. The molecule has 0 radical (unpaired) electrons. The molecule has 0 aliphatic heterocycles. The summed E-state index contributed by atoms with van der Waals surface area (Å²) in [5.41, 5.74) is 0.878. The first-order valence-electron chi connectivity index (χ1n) is 6.21. The molecule has 0 N–H and O–H groups in total. The highest BCUT2D eigenvalue weighted by Crippen LogP contribution is 2.29. The van der Waals surface area contributed by atoms with Gasteiger partial charge in [0.25, 0.3) is 0 Å². The molecule has 0 aliphatic carbocycles. The van der Waals surface area contributed by atoms with Crippen molar-refractivity contribution in [3.63, 3.8) is 0 Å². The Morgan fingerprint density at radius 1 is 1.45 bits per heavy atom. The number of thiophene rings is 1. The summed E-state index contributed by atoms with van der Waals surface area (Å²) in [6.45, 7) is 2.13. The lowest BCUT2D eigenvalue weighted by Gasteiger charge is -1.95. The van der Waals surface area contributed by atoms with Gasteiger partial charge < -0.3 is 0 Å². The third-order valence-corrected chi connectivity index (χ3v) is 5.60. The minimum atomic E-state index is 0.0196. The lowest BCUT2D eigenvalue weighted by atomic mass is 10.2. The lowest BCUT2D eigenvalue weighted by Crippen LogP contribution is -1.94. The Labute approximate surface area is 138 Å². The normalized spacial score (nSPS) is 11.4. The van der Waals surface area contributed by atoms with Crippen LogP contribution in [0.2, 0.25) is 0 Å². The van der Waals surface area contributed by atoms with Crippen LogP contribution >= 0.6 is 43.2 Å². The van der Waals surface area contributed by atoms with E-state index < -0.39 is 0 Å². The van der Waals surface area contributed by atoms with E-state index in [9.17, 15) is 4.79 Å². The second kappa shape index (κ2) is 6.83. The number of nitrogens with zero attached hydrogens (tertiary/aromatic N) is 2. The van der Waals surface area contributed by atoms with Crippen LogP contribution in [-0.2, 0) is 13.5 Å². The van der Waals surface area contributed by atoms with Crippen LogP contribution in [0.1, 0.15) is 33.6 Å². The smallest absolute Gasteiger partial charge is 0.195 e. The summed E-state index contributed by atoms with van der Waals surface area (Å²) in [6.07, 6.45) is 7.16. The minimum absolute atomic E-state index is 0.0196. The summed E-state index contributed by atoms with van der Waals surface area (Å²) in [7, 11) is 1.84. The molecule has 0 atom stereocenters. The van der Waals surface area contributed by atoms with E-state index in [-0.39, 0.29) is 5.78 Å². The lowest BCUT2D eigenvalue weighted by molar-refractivity contribution is 0.105. The SMILES string of the molecule is CCCc1sc(C(=O)/C=C/c2c(Br)cnn2C)cc1Br. The highest BCUT2D eigenvalue weighted by Gasteiger charge is 2.11. The molecule has 0 unspecified atom stereocenters. The van der Waals surface area contributed by atoms with Crippen molar-refractivity contribution in [3.8, 4) is 0 Å². The molecule has 0 amide bonds. The predicted octanol–water partition coefficient (Wildman–Crippen LogP) is 4.86. The van der Waals surface area contributed by atoms with E-state index in [0.717, 1.165) is 32.4 Å². The topological polar surface area (TPSA) is 34.9 Å². The van der Waals surface area contributed by atoms with Crippen LogP contribution in [0, 0.1) is 0 Å². The van der Waals surface area contributed by atoms with E-state index in [4.69, 9.17) is 0 Å². The van der Waals surface area contributed by atoms with E-state index in [1.165, 1.54) is 4.88 Å². The molecule has 0 saturated carbocycles. The predicted molar refractivity (Wildman–Crippen MR) is 90.3 cm³/mol. The fraction of sp³-hybridized carbons (Fsp3) is 0.286. The van der Waals surface area contributed by atoms with Crippen molar-refractivity contribution in [2.75, 3.05) is 0 Å². The molecule has 0 aromatic carbocycles. The number of carbonyl (C=O) groups excluding carboxylic acids is 1. The zero-order chi connectivity index (χ0) is 14.7. The number of rotatable bonds is 5. The standard InChI is InChI=1S/C14H14Br2N2OS/c1-3-4-13-9(15)7-14(20-13)12(19)6-5-11-10(16)8-17-18(11)2/h5-8H,3-4H2,1-2H3/b6-5+. The van der Waals surface area contributed by atoms with Gasteiger partial charge in [-0.05, 0) is 56.5 Å². The Morgan fingerprint density at radius 2 is 2.20 bits per heavy atom. The first kappa shape index (κ1) is 15.7. The van der Waals surface area contributed by atoms with Gasteiger partial charge in [0.05, 0.1) is 21.2 Å². The molecule has 20 heavy (non-hydrogen) atoms. The van der Waals surface area contributed by atoms with Gasteiger partial charge in [0.1, 0.15) is 0 Å². The molecule has 6 heteroatoms. The third kappa shape index (κ3) is 3.48. The average molecular weight is 418 g/mol. The van der Waals surface area contributed by atoms with Gasteiger partial charge in [0.15, 0.2) is 5.78 Å². The molecule has 0 spiro atoms. The van der Waals surface area contributed by atoms with E-state index in [1.807, 2.05) is 13.1 Å². The van der Waals surface area contributed by atoms with Gasteiger partial charge in [-0.25, -0.2) is 0 Å². The van der Waals surface area contributed by atoms with E-state index in [2.05, 4.69) is 43.9 Å². The molecule has 2 heterocycles. The van der Waals surface area contributed by atoms with E-state index in [1.54, 1.807) is 34.4 Å².